The normalized spacial score (nSPS) is 29.7. The van der Waals surface area contributed by atoms with Crippen molar-refractivity contribution in [2.45, 2.75) is 38.3 Å². The predicted molar refractivity (Wildman–Crippen MR) is 80.7 cm³/mol. The summed E-state index contributed by atoms with van der Waals surface area (Å²) in [5.41, 5.74) is 0.0466. The van der Waals surface area contributed by atoms with E-state index < -0.39 is 11.3 Å². The Bertz CT molecular complexity index is 677. The highest BCUT2D eigenvalue weighted by Gasteiger charge is 2.73. The minimum absolute atomic E-state index is 0.108. The van der Waals surface area contributed by atoms with Crippen LogP contribution in [0.3, 0.4) is 0 Å². The van der Waals surface area contributed by atoms with Gasteiger partial charge in [-0.15, -0.1) is 0 Å². The molecule has 3 heterocycles. The fourth-order valence-electron chi connectivity index (χ4n) is 3.79. The van der Waals surface area contributed by atoms with Crippen molar-refractivity contribution < 1.29 is 13.6 Å². The molecule has 0 aromatic carbocycles. The molecule has 4 rings (SSSR count). The third kappa shape index (κ3) is 2.28. The molecule has 1 aliphatic carbocycles. The van der Waals surface area contributed by atoms with E-state index in [1.165, 1.54) is 4.90 Å². The van der Waals surface area contributed by atoms with Gasteiger partial charge in [0.25, 0.3) is 11.8 Å². The molecule has 0 radical (unpaired) electrons. The van der Waals surface area contributed by atoms with Crippen molar-refractivity contribution in [1.82, 2.24) is 19.6 Å². The number of aryl methyl sites for hydroxylation is 1. The molecule has 1 saturated heterocycles. The molecule has 126 valence electrons. The second-order valence-electron chi connectivity index (χ2n) is 7.06. The zero-order valence-corrected chi connectivity index (χ0v) is 13.7. The van der Waals surface area contributed by atoms with Crippen LogP contribution in [0.15, 0.2) is 0 Å². The Morgan fingerprint density at radius 1 is 1.30 bits per heavy atom. The standard InChI is InChI=1S/C15H19ClF2N4O/c1-20-4-2-5-22-10(7-20)11(16)12(19-22)13(23)21-6-3-14(9-21)8-15(14,17)18/h2-9H2,1H3. The van der Waals surface area contributed by atoms with E-state index in [-0.39, 0.29) is 24.6 Å². The summed E-state index contributed by atoms with van der Waals surface area (Å²) in [5, 5.41) is 4.74. The number of hydrogen-bond donors (Lipinski definition) is 0. The van der Waals surface area contributed by atoms with Gasteiger partial charge in [-0.2, -0.15) is 5.10 Å². The van der Waals surface area contributed by atoms with Gasteiger partial charge in [0.05, 0.1) is 16.1 Å². The van der Waals surface area contributed by atoms with Gasteiger partial charge in [0.15, 0.2) is 5.69 Å². The first kappa shape index (κ1) is 15.3. The maximum absolute atomic E-state index is 13.5. The summed E-state index contributed by atoms with van der Waals surface area (Å²) in [6.45, 7) is 2.77. The van der Waals surface area contributed by atoms with Crippen LogP contribution in [0.4, 0.5) is 8.78 Å². The van der Waals surface area contributed by atoms with Crippen LogP contribution in [0.25, 0.3) is 0 Å². The number of hydrogen-bond acceptors (Lipinski definition) is 3. The monoisotopic (exact) mass is 344 g/mol. The molecule has 23 heavy (non-hydrogen) atoms. The highest BCUT2D eigenvalue weighted by Crippen LogP contribution is 2.65. The summed E-state index contributed by atoms with van der Waals surface area (Å²) in [6, 6.07) is 0. The molecular formula is C15H19ClF2N4O. The van der Waals surface area contributed by atoms with Crippen molar-refractivity contribution in [3.05, 3.63) is 16.4 Å². The van der Waals surface area contributed by atoms with E-state index in [4.69, 9.17) is 11.6 Å². The molecule has 1 spiro atoms. The van der Waals surface area contributed by atoms with E-state index in [1.807, 2.05) is 7.05 Å². The lowest BCUT2D eigenvalue weighted by Crippen LogP contribution is -2.30. The van der Waals surface area contributed by atoms with Gasteiger partial charge in [0.2, 0.25) is 0 Å². The lowest BCUT2D eigenvalue weighted by molar-refractivity contribution is 0.0616. The molecule has 1 atom stereocenters. The minimum atomic E-state index is -2.63. The first-order valence-corrected chi connectivity index (χ1v) is 8.32. The zero-order chi connectivity index (χ0) is 16.4. The molecular weight excluding hydrogens is 326 g/mol. The van der Waals surface area contributed by atoms with E-state index in [2.05, 4.69) is 10.00 Å². The van der Waals surface area contributed by atoms with Gasteiger partial charge < -0.3 is 9.80 Å². The highest BCUT2D eigenvalue weighted by atomic mass is 35.5. The van der Waals surface area contributed by atoms with Gasteiger partial charge in [-0.05, 0) is 19.9 Å². The van der Waals surface area contributed by atoms with Crippen molar-refractivity contribution in [3.8, 4) is 0 Å². The van der Waals surface area contributed by atoms with Gasteiger partial charge in [0.1, 0.15) is 0 Å². The van der Waals surface area contributed by atoms with Gasteiger partial charge in [-0.25, -0.2) is 8.78 Å². The molecule has 3 aliphatic rings. The quantitative estimate of drug-likeness (QED) is 0.784. The molecule has 1 aromatic rings. The Morgan fingerprint density at radius 3 is 2.70 bits per heavy atom. The number of likely N-dealkylation sites (tertiary alicyclic amines) is 1. The first-order valence-electron chi connectivity index (χ1n) is 7.94. The Morgan fingerprint density at radius 2 is 2.04 bits per heavy atom. The molecule has 0 bridgehead atoms. The Hall–Kier alpha value is -1.21. The Labute approximate surface area is 138 Å². The van der Waals surface area contributed by atoms with E-state index in [1.54, 1.807) is 4.68 Å². The lowest BCUT2D eigenvalue weighted by atomic mass is 10.1. The first-order chi connectivity index (χ1) is 10.8. The smallest absolute Gasteiger partial charge is 0.275 e. The topological polar surface area (TPSA) is 41.4 Å². The fraction of sp³-hybridized carbons (Fsp3) is 0.733. The van der Waals surface area contributed by atoms with Crippen LogP contribution in [0.5, 0.6) is 0 Å². The summed E-state index contributed by atoms with van der Waals surface area (Å²) in [6.07, 6.45) is 1.19. The third-order valence-corrected chi connectivity index (χ3v) is 5.78. The van der Waals surface area contributed by atoms with Crippen LogP contribution in [0.2, 0.25) is 5.02 Å². The van der Waals surface area contributed by atoms with Crippen molar-refractivity contribution >= 4 is 17.5 Å². The lowest BCUT2D eigenvalue weighted by Gasteiger charge is -2.15. The van der Waals surface area contributed by atoms with Gasteiger partial charge in [0, 0.05) is 39.1 Å². The number of fused-ring (bicyclic) bond motifs is 1. The van der Waals surface area contributed by atoms with E-state index >= 15 is 0 Å². The van der Waals surface area contributed by atoms with Crippen LogP contribution < -0.4 is 0 Å². The van der Waals surface area contributed by atoms with Crippen LogP contribution in [0.1, 0.15) is 35.4 Å². The second kappa shape index (κ2) is 4.89. The summed E-state index contributed by atoms with van der Waals surface area (Å²) in [5.74, 6) is -2.95. The highest BCUT2D eigenvalue weighted by molar-refractivity contribution is 6.34. The second-order valence-corrected chi connectivity index (χ2v) is 7.44. The summed E-state index contributed by atoms with van der Waals surface area (Å²) < 4.78 is 28.8. The molecule has 2 aliphatic heterocycles. The summed E-state index contributed by atoms with van der Waals surface area (Å²) in [4.78, 5) is 16.3. The van der Waals surface area contributed by atoms with Crippen LogP contribution in [-0.4, -0.2) is 58.1 Å². The SMILES string of the molecule is CN1CCCn2nc(C(=O)N3CCC4(C3)CC4(F)F)c(Cl)c2C1. The predicted octanol–water partition coefficient (Wildman–Crippen LogP) is 2.24. The number of nitrogens with zero attached hydrogens (tertiary/aromatic N) is 4. The number of amides is 1. The van der Waals surface area contributed by atoms with Gasteiger partial charge in [-0.3, -0.25) is 9.48 Å². The maximum Gasteiger partial charge on any atom is 0.275 e. The molecule has 0 N–H and O–H groups in total. The average Bonchev–Trinajstić information content (AvgIpc) is 2.76. The van der Waals surface area contributed by atoms with Crippen molar-refractivity contribution in [1.29, 1.82) is 0 Å². The summed E-state index contributed by atoms with van der Waals surface area (Å²) >= 11 is 6.39. The molecule has 1 unspecified atom stereocenters. The molecule has 8 heteroatoms. The number of carbonyl (C=O) groups excluding carboxylic acids is 1. The molecule has 1 amide bonds. The Balaban J connectivity index is 1.57. The van der Waals surface area contributed by atoms with Crippen LogP contribution in [-0.2, 0) is 13.1 Å². The largest absolute Gasteiger partial charge is 0.336 e. The average molecular weight is 345 g/mol. The third-order valence-electron chi connectivity index (χ3n) is 5.38. The number of aromatic nitrogens is 2. The molecule has 5 nitrogen and oxygen atoms in total. The van der Waals surface area contributed by atoms with E-state index in [9.17, 15) is 13.6 Å². The minimum Gasteiger partial charge on any atom is -0.336 e. The number of rotatable bonds is 1. The number of alkyl halides is 2. The fourth-order valence-corrected chi connectivity index (χ4v) is 4.07. The molecule has 2 fully saturated rings. The maximum atomic E-state index is 13.5. The van der Waals surface area contributed by atoms with E-state index in [0.29, 0.717) is 31.1 Å². The van der Waals surface area contributed by atoms with Crippen molar-refractivity contribution in [3.63, 3.8) is 0 Å². The van der Waals surface area contributed by atoms with E-state index in [0.717, 1.165) is 18.7 Å². The molecule has 1 aromatic heterocycles. The van der Waals surface area contributed by atoms with Gasteiger partial charge in [-0.1, -0.05) is 11.6 Å². The van der Waals surface area contributed by atoms with Crippen molar-refractivity contribution in [2.75, 3.05) is 26.7 Å². The van der Waals surface area contributed by atoms with Crippen LogP contribution >= 0.6 is 11.6 Å². The van der Waals surface area contributed by atoms with Crippen molar-refractivity contribution in [2.24, 2.45) is 5.41 Å². The Kier molecular flexibility index (Phi) is 3.26. The molecule has 1 saturated carbocycles. The zero-order valence-electron chi connectivity index (χ0n) is 13.0. The summed E-state index contributed by atoms with van der Waals surface area (Å²) in [7, 11) is 2.00. The van der Waals surface area contributed by atoms with Crippen LogP contribution in [0, 0.1) is 5.41 Å². The number of halogens is 3. The number of carbonyl (C=O) groups is 1. The van der Waals surface area contributed by atoms with Gasteiger partial charge >= 0.3 is 0 Å².